The minimum atomic E-state index is 0.0949. The van der Waals surface area contributed by atoms with Gasteiger partial charge in [-0.2, -0.15) is 0 Å². The second-order valence-electron chi connectivity index (χ2n) is 23.0. The van der Waals surface area contributed by atoms with Gasteiger partial charge in [0.25, 0.3) is 0 Å². The Hall–Kier alpha value is -9.59. The summed E-state index contributed by atoms with van der Waals surface area (Å²) in [6.07, 6.45) is 44.5. The zero-order valence-electron chi connectivity index (χ0n) is 45.6. The number of hydrogen-bond donors (Lipinski definition) is 0. The Balaban J connectivity index is 0.684. The molecule has 7 aliphatic rings. The van der Waals surface area contributed by atoms with E-state index in [1.165, 1.54) is 89.1 Å². The molecule has 7 heteroatoms. The second-order valence-corrected chi connectivity index (χ2v) is 23.0. The molecule has 0 N–H and O–H groups in total. The molecule has 4 aromatic carbocycles. The number of nitrogens with zero attached hydrogens (tertiary/aromatic N) is 7. The normalized spacial score (nSPS) is 21.0. The topological polar surface area (TPSA) is 56.7 Å². The Labute approximate surface area is 477 Å². The number of anilines is 1. The van der Waals surface area contributed by atoms with Gasteiger partial charge >= 0.3 is 0 Å². The minimum Gasteiger partial charge on any atom is -0.336 e. The Kier molecular flexibility index (Phi) is 11.0. The third kappa shape index (κ3) is 7.38. The van der Waals surface area contributed by atoms with Gasteiger partial charge in [0.2, 0.25) is 0 Å². The van der Waals surface area contributed by atoms with Gasteiger partial charge in [0.05, 0.1) is 63.5 Å². The molecule has 17 rings (SSSR count). The van der Waals surface area contributed by atoms with Crippen LogP contribution in [0.3, 0.4) is 0 Å². The quantitative estimate of drug-likeness (QED) is 0.152. The Morgan fingerprint density at radius 1 is 0.488 bits per heavy atom. The largest absolute Gasteiger partial charge is 0.336 e. The number of benzene rings is 4. The van der Waals surface area contributed by atoms with Crippen LogP contribution >= 0.6 is 0 Å². The van der Waals surface area contributed by atoms with E-state index in [2.05, 4.69) is 261 Å². The van der Waals surface area contributed by atoms with Gasteiger partial charge in [-0.3, -0.25) is 4.98 Å². The van der Waals surface area contributed by atoms with Gasteiger partial charge in [-0.25, -0.2) is 9.97 Å². The summed E-state index contributed by atoms with van der Waals surface area (Å²) in [5.41, 5.74) is 23.8. The van der Waals surface area contributed by atoms with Crippen molar-refractivity contribution in [2.45, 2.75) is 74.9 Å². The third-order valence-electron chi connectivity index (χ3n) is 18.4. The van der Waals surface area contributed by atoms with E-state index in [4.69, 9.17) is 15.0 Å². The molecular formula is C75H59N7. The van der Waals surface area contributed by atoms with Crippen LogP contribution in [0.15, 0.2) is 230 Å². The summed E-state index contributed by atoms with van der Waals surface area (Å²) in [5, 5.41) is 4.07. The molecular weight excluding hydrogens is 999 g/mol. The van der Waals surface area contributed by atoms with E-state index < -0.39 is 0 Å². The molecule has 0 spiro atoms. The van der Waals surface area contributed by atoms with Crippen LogP contribution in [0.2, 0.25) is 0 Å². The first-order chi connectivity index (χ1) is 40.7. The Morgan fingerprint density at radius 3 is 2.12 bits per heavy atom. The first-order valence-corrected chi connectivity index (χ1v) is 29.5. The van der Waals surface area contributed by atoms with Gasteiger partial charge in [-0.15, -0.1) is 0 Å². The van der Waals surface area contributed by atoms with Crippen molar-refractivity contribution in [2.24, 2.45) is 0 Å². The molecule has 394 valence electrons. The summed E-state index contributed by atoms with van der Waals surface area (Å²) in [7, 11) is 0. The van der Waals surface area contributed by atoms with Gasteiger partial charge in [0, 0.05) is 78.6 Å². The molecule has 1 aliphatic heterocycles. The fraction of sp³-hybridized carbons (Fsp3) is 0.160. The highest BCUT2D eigenvalue weighted by Crippen LogP contribution is 2.54. The summed E-state index contributed by atoms with van der Waals surface area (Å²) < 4.78 is 7.84. The Morgan fingerprint density at radius 2 is 1.24 bits per heavy atom. The number of aryl methyl sites for hydroxylation is 1. The molecule has 0 saturated carbocycles. The molecule has 0 amide bonds. The van der Waals surface area contributed by atoms with Crippen LogP contribution in [0.1, 0.15) is 107 Å². The summed E-state index contributed by atoms with van der Waals surface area (Å²) >= 11 is 0. The van der Waals surface area contributed by atoms with Crippen molar-refractivity contribution in [3.8, 4) is 28.5 Å². The van der Waals surface area contributed by atoms with E-state index in [1.807, 2.05) is 0 Å². The van der Waals surface area contributed by atoms with Gasteiger partial charge in [0.1, 0.15) is 0 Å². The summed E-state index contributed by atoms with van der Waals surface area (Å²) in [4.78, 5) is 18.7. The van der Waals surface area contributed by atoms with Crippen LogP contribution in [0.5, 0.6) is 0 Å². The number of para-hydroxylation sites is 3. The first-order valence-electron chi connectivity index (χ1n) is 29.5. The van der Waals surface area contributed by atoms with Gasteiger partial charge < -0.3 is 18.6 Å². The lowest BCUT2D eigenvalue weighted by molar-refractivity contribution is 0.566. The lowest BCUT2D eigenvalue weighted by Gasteiger charge is -2.34. The van der Waals surface area contributed by atoms with E-state index in [1.54, 1.807) is 0 Å². The van der Waals surface area contributed by atoms with Crippen LogP contribution in [-0.2, 0) is 12.8 Å². The lowest BCUT2D eigenvalue weighted by atomic mass is 9.84. The van der Waals surface area contributed by atoms with Crippen molar-refractivity contribution in [2.75, 3.05) is 4.90 Å². The molecule has 0 fully saturated rings. The molecule has 10 aromatic rings. The fourth-order valence-corrected chi connectivity index (χ4v) is 15.0. The van der Waals surface area contributed by atoms with Crippen molar-refractivity contribution in [1.29, 1.82) is 0 Å². The smallest absolute Gasteiger partial charge is 0.0894 e. The highest BCUT2D eigenvalue weighted by molar-refractivity contribution is 6.12. The van der Waals surface area contributed by atoms with Crippen LogP contribution in [-0.4, -0.2) is 34.7 Å². The predicted octanol–water partition coefficient (Wildman–Crippen LogP) is 17.6. The number of fused-ring (bicyclic) bond motifs is 14. The van der Waals surface area contributed by atoms with Gasteiger partial charge in [-0.05, 0) is 141 Å². The number of pyridine rings is 3. The van der Waals surface area contributed by atoms with E-state index in [-0.39, 0.29) is 30.0 Å². The van der Waals surface area contributed by atoms with Gasteiger partial charge in [0.15, 0.2) is 0 Å². The zero-order chi connectivity index (χ0) is 53.8. The van der Waals surface area contributed by atoms with E-state index in [0.29, 0.717) is 0 Å². The van der Waals surface area contributed by atoms with Gasteiger partial charge in [-0.1, -0.05) is 164 Å². The number of hydrogen-bond acceptors (Lipinski definition) is 4. The van der Waals surface area contributed by atoms with E-state index in [9.17, 15) is 0 Å². The van der Waals surface area contributed by atoms with Crippen LogP contribution in [0.4, 0.5) is 5.69 Å². The Bertz CT molecular complexity index is 4590. The molecule has 5 unspecified atom stereocenters. The maximum atomic E-state index is 5.40. The maximum Gasteiger partial charge on any atom is 0.0894 e. The minimum absolute atomic E-state index is 0.0949. The standard InChI is InChI=1S/C75H59N7/c1-3-22-50(23-4-1)79-68-40-13-9-30-58(68)72-70(79)44-42-57-55-29-8-12-39-67(55)82(75(57)72)53-27-16-21-49(47-53)61-33-18-35-63(77-61)65-37-19-36-64(78-65)62-34-17-32-60(76-62)48-20-15-26-52(46-48)80-69-41-14-10-31-59(69)73-71(80)45-43-56-54-28-7-11-38-66(54)81(74(56)73)51-24-5-2-6-25-51/h1-8,10-11,13-19,21-24,26,28-29,31-38,40-48,51,53,71,73H,9,12,20,25,27,30,39H2. The number of allylic oxidation sites excluding steroid dienone is 13. The average molecular weight is 1060 g/mol. The average Bonchev–Trinajstić information content (AvgIpc) is 2.93. The molecule has 0 bridgehead atoms. The monoisotopic (exact) mass is 1060 g/mol. The molecule has 0 saturated heterocycles. The molecule has 6 aliphatic carbocycles. The third-order valence-corrected chi connectivity index (χ3v) is 18.4. The van der Waals surface area contributed by atoms with Crippen molar-refractivity contribution in [3.05, 3.63) is 281 Å². The fourth-order valence-electron chi connectivity index (χ4n) is 15.0. The molecule has 7 nitrogen and oxygen atoms in total. The predicted molar refractivity (Wildman–Crippen MR) is 337 cm³/mol. The zero-order valence-corrected chi connectivity index (χ0v) is 45.6. The van der Waals surface area contributed by atoms with Crippen molar-refractivity contribution < 1.29 is 0 Å². The van der Waals surface area contributed by atoms with Crippen molar-refractivity contribution in [3.63, 3.8) is 0 Å². The first kappa shape index (κ1) is 47.2. The second kappa shape index (κ2) is 19.0. The molecule has 6 aromatic heterocycles. The summed E-state index contributed by atoms with van der Waals surface area (Å²) in [6, 6.07) is 53.3. The molecule has 7 heterocycles. The van der Waals surface area contributed by atoms with Crippen LogP contribution in [0, 0.1) is 0 Å². The van der Waals surface area contributed by atoms with E-state index >= 15 is 0 Å². The van der Waals surface area contributed by atoms with E-state index in [0.717, 1.165) is 84.7 Å². The maximum absolute atomic E-state index is 5.40. The summed E-state index contributed by atoms with van der Waals surface area (Å²) in [5.74, 6) is 0.279. The highest BCUT2D eigenvalue weighted by Gasteiger charge is 2.45. The SMILES string of the molecule is C1=CCC(n2c3c(c4ccccc42)C=CC2C3c3ccccc3N2C2=CC(c3cccc(-c4cccc(-c5cccc(C6=CC(n7c8c(c9ccc%10c(c%11c(n%10-c%10ccccc%10)C=CCC%11)c97)C=CCC8)CC=C6)n5)n4)n3)CC=C2)C=C1. The van der Waals surface area contributed by atoms with Crippen molar-refractivity contribution >= 4 is 62.2 Å². The van der Waals surface area contributed by atoms with Crippen molar-refractivity contribution in [1.82, 2.24) is 28.7 Å². The molecule has 0 radical (unpaired) electrons. The number of rotatable bonds is 8. The van der Waals surface area contributed by atoms with Crippen LogP contribution < -0.4 is 4.90 Å². The highest BCUT2D eigenvalue weighted by atomic mass is 15.2. The lowest BCUT2D eigenvalue weighted by Crippen LogP contribution is -2.35. The van der Waals surface area contributed by atoms with Crippen LogP contribution in [0.25, 0.3) is 85.0 Å². The molecule has 5 atom stereocenters. The molecule has 82 heavy (non-hydrogen) atoms. The number of aromatic nitrogens is 6. The summed E-state index contributed by atoms with van der Waals surface area (Å²) in [6.45, 7) is 0.